The van der Waals surface area contributed by atoms with Gasteiger partial charge < -0.3 is 16.4 Å². The van der Waals surface area contributed by atoms with E-state index in [4.69, 9.17) is 5.73 Å². The van der Waals surface area contributed by atoms with Crippen molar-refractivity contribution >= 4 is 17.6 Å². The van der Waals surface area contributed by atoms with Crippen LogP contribution in [0.5, 0.6) is 0 Å². The van der Waals surface area contributed by atoms with Gasteiger partial charge in [0.15, 0.2) is 5.69 Å². The second kappa shape index (κ2) is 4.77. The summed E-state index contributed by atoms with van der Waals surface area (Å²) in [4.78, 5) is 22.7. The quantitative estimate of drug-likeness (QED) is 0.613. The zero-order chi connectivity index (χ0) is 12.3. The molecule has 90 valence electrons. The first-order chi connectivity index (χ1) is 8.15. The predicted octanol–water partition coefficient (Wildman–Crippen LogP) is -0.933. The van der Waals surface area contributed by atoms with Crippen LogP contribution in [0.4, 0.5) is 5.82 Å². The molecule has 0 spiro atoms. The number of anilines is 1. The first kappa shape index (κ1) is 11.3. The van der Waals surface area contributed by atoms with Crippen molar-refractivity contribution in [1.82, 2.24) is 20.8 Å². The molecule has 2 rings (SSSR count). The normalized spacial score (nSPS) is 19.5. The summed E-state index contributed by atoms with van der Waals surface area (Å²) < 4.78 is 0. The van der Waals surface area contributed by atoms with E-state index >= 15 is 0 Å². The van der Waals surface area contributed by atoms with E-state index in [-0.39, 0.29) is 29.4 Å². The molecule has 1 aliphatic heterocycles. The summed E-state index contributed by atoms with van der Waals surface area (Å²) in [6, 6.07) is 2.98. The second-order valence-electron chi connectivity index (χ2n) is 3.86. The number of piperidine rings is 1. The zero-order valence-corrected chi connectivity index (χ0v) is 9.14. The van der Waals surface area contributed by atoms with Gasteiger partial charge in [-0.25, -0.2) is 0 Å². The van der Waals surface area contributed by atoms with Gasteiger partial charge in [-0.3, -0.25) is 9.59 Å². The average molecular weight is 235 g/mol. The maximum Gasteiger partial charge on any atom is 0.272 e. The van der Waals surface area contributed by atoms with Crippen LogP contribution in [0.2, 0.25) is 0 Å². The van der Waals surface area contributed by atoms with Gasteiger partial charge in [-0.1, -0.05) is 0 Å². The molecule has 4 N–H and O–H groups in total. The van der Waals surface area contributed by atoms with Gasteiger partial charge in [0, 0.05) is 19.0 Å². The number of rotatable bonds is 2. The van der Waals surface area contributed by atoms with Crippen LogP contribution >= 0.6 is 0 Å². The lowest BCUT2D eigenvalue weighted by Crippen LogP contribution is -2.47. The molecule has 17 heavy (non-hydrogen) atoms. The van der Waals surface area contributed by atoms with E-state index in [1.54, 1.807) is 0 Å². The fourth-order valence-electron chi connectivity index (χ4n) is 1.58. The number of nitrogens with zero attached hydrogens (tertiary/aromatic N) is 2. The van der Waals surface area contributed by atoms with Crippen molar-refractivity contribution < 1.29 is 9.59 Å². The van der Waals surface area contributed by atoms with E-state index < -0.39 is 0 Å². The average Bonchev–Trinajstić information content (AvgIpc) is 2.33. The van der Waals surface area contributed by atoms with Gasteiger partial charge in [0.2, 0.25) is 5.91 Å². The van der Waals surface area contributed by atoms with Crippen molar-refractivity contribution in [2.24, 2.45) is 0 Å². The van der Waals surface area contributed by atoms with Gasteiger partial charge in [0.05, 0.1) is 0 Å². The highest BCUT2D eigenvalue weighted by molar-refractivity contribution is 5.92. The number of carbonyl (C=O) groups is 2. The van der Waals surface area contributed by atoms with Crippen LogP contribution in [0.3, 0.4) is 0 Å². The van der Waals surface area contributed by atoms with Crippen molar-refractivity contribution in [3.63, 3.8) is 0 Å². The highest BCUT2D eigenvalue weighted by atomic mass is 16.2. The molecule has 2 amide bonds. The molecule has 0 radical (unpaired) electrons. The number of hydrogen-bond acceptors (Lipinski definition) is 5. The van der Waals surface area contributed by atoms with Crippen molar-refractivity contribution in [2.45, 2.75) is 18.9 Å². The summed E-state index contributed by atoms with van der Waals surface area (Å²) >= 11 is 0. The molecule has 0 saturated carbocycles. The third kappa shape index (κ3) is 2.90. The smallest absolute Gasteiger partial charge is 0.272 e. The predicted molar refractivity (Wildman–Crippen MR) is 59.9 cm³/mol. The minimum absolute atomic E-state index is 0.0165. The molecule has 7 nitrogen and oxygen atoms in total. The summed E-state index contributed by atoms with van der Waals surface area (Å²) in [6.07, 6.45) is 1.07. The highest BCUT2D eigenvalue weighted by Gasteiger charge is 2.20. The number of nitrogen functional groups attached to an aromatic ring is 1. The lowest BCUT2D eigenvalue weighted by molar-refractivity contribution is -0.122. The fraction of sp³-hybridized carbons (Fsp3) is 0.400. The Labute approximate surface area is 97.8 Å². The van der Waals surface area contributed by atoms with E-state index in [0.717, 1.165) is 0 Å². The van der Waals surface area contributed by atoms with Gasteiger partial charge in [0.25, 0.3) is 5.91 Å². The van der Waals surface area contributed by atoms with Crippen LogP contribution in [0, 0.1) is 0 Å². The Morgan fingerprint density at radius 3 is 2.88 bits per heavy atom. The number of amides is 2. The molecule has 1 aliphatic rings. The maximum absolute atomic E-state index is 11.7. The van der Waals surface area contributed by atoms with E-state index in [9.17, 15) is 9.59 Å². The molecular weight excluding hydrogens is 222 g/mol. The first-order valence-corrected chi connectivity index (χ1v) is 5.32. The van der Waals surface area contributed by atoms with Gasteiger partial charge in [0.1, 0.15) is 5.82 Å². The first-order valence-electron chi connectivity index (χ1n) is 5.32. The number of hydrogen-bond donors (Lipinski definition) is 3. The number of nitrogens with one attached hydrogen (secondary N) is 2. The minimum atomic E-state index is -0.307. The van der Waals surface area contributed by atoms with Crippen LogP contribution in [-0.4, -0.2) is 34.6 Å². The van der Waals surface area contributed by atoms with Gasteiger partial charge in [-0.2, -0.15) is 0 Å². The Morgan fingerprint density at radius 2 is 2.29 bits per heavy atom. The molecule has 1 aromatic rings. The summed E-state index contributed by atoms with van der Waals surface area (Å²) in [7, 11) is 0. The van der Waals surface area contributed by atoms with Gasteiger partial charge >= 0.3 is 0 Å². The molecule has 7 heteroatoms. The van der Waals surface area contributed by atoms with Crippen LogP contribution in [0.25, 0.3) is 0 Å². The van der Waals surface area contributed by atoms with Crippen molar-refractivity contribution in [3.05, 3.63) is 17.8 Å². The third-order valence-corrected chi connectivity index (χ3v) is 2.52. The van der Waals surface area contributed by atoms with Crippen LogP contribution in [0.15, 0.2) is 12.1 Å². The van der Waals surface area contributed by atoms with Crippen molar-refractivity contribution in [2.75, 3.05) is 12.3 Å². The molecule has 2 heterocycles. The largest absolute Gasteiger partial charge is 0.382 e. The number of aromatic nitrogens is 2. The van der Waals surface area contributed by atoms with Gasteiger partial charge in [-0.05, 0) is 18.6 Å². The summed E-state index contributed by atoms with van der Waals surface area (Å²) in [5, 5.41) is 12.8. The number of nitrogens with two attached hydrogens (primary N) is 1. The Morgan fingerprint density at radius 1 is 1.47 bits per heavy atom. The molecule has 1 unspecified atom stereocenters. The SMILES string of the molecule is Nc1ccc(C(=O)NC2CCC(=O)NC2)nn1. The monoisotopic (exact) mass is 235 g/mol. The Kier molecular flexibility index (Phi) is 3.17. The third-order valence-electron chi connectivity index (χ3n) is 2.52. The Bertz CT molecular complexity index is 421. The molecule has 0 aliphatic carbocycles. The van der Waals surface area contributed by atoms with Gasteiger partial charge in [-0.15, -0.1) is 10.2 Å². The van der Waals surface area contributed by atoms with Crippen LogP contribution in [0.1, 0.15) is 23.3 Å². The minimum Gasteiger partial charge on any atom is -0.382 e. The summed E-state index contributed by atoms with van der Waals surface area (Å²) in [5.41, 5.74) is 5.59. The molecule has 1 atom stereocenters. The fourth-order valence-corrected chi connectivity index (χ4v) is 1.58. The molecule has 1 saturated heterocycles. The van der Waals surface area contributed by atoms with E-state index in [0.29, 0.717) is 19.4 Å². The molecule has 1 aromatic heterocycles. The lowest BCUT2D eigenvalue weighted by atomic mass is 10.1. The summed E-state index contributed by atoms with van der Waals surface area (Å²) in [6.45, 7) is 0.451. The van der Waals surface area contributed by atoms with E-state index in [1.807, 2.05) is 0 Å². The maximum atomic E-state index is 11.7. The van der Waals surface area contributed by atoms with E-state index in [2.05, 4.69) is 20.8 Å². The molecule has 0 bridgehead atoms. The number of carbonyl (C=O) groups excluding carboxylic acids is 2. The van der Waals surface area contributed by atoms with Crippen LogP contribution in [-0.2, 0) is 4.79 Å². The molecular formula is C10H13N5O2. The van der Waals surface area contributed by atoms with Crippen molar-refractivity contribution in [3.8, 4) is 0 Å². The zero-order valence-electron chi connectivity index (χ0n) is 9.14. The Hall–Kier alpha value is -2.18. The van der Waals surface area contributed by atoms with Crippen LogP contribution < -0.4 is 16.4 Å². The topological polar surface area (TPSA) is 110 Å². The highest BCUT2D eigenvalue weighted by Crippen LogP contribution is 2.04. The second-order valence-corrected chi connectivity index (χ2v) is 3.86. The Balaban J connectivity index is 1.93. The molecule has 1 fully saturated rings. The van der Waals surface area contributed by atoms with E-state index in [1.165, 1.54) is 12.1 Å². The standard InChI is InChI=1S/C10H13N5O2/c11-8-3-2-7(14-15-8)10(17)13-6-1-4-9(16)12-5-6/h2-3,6H,1,4-5H2,(H2,11,15)(H,12,16)(H,13,17). The lowest BCUT2D eigenvalue weighted by Gasteiger charge is -2.23. The molecule has 0 aromatic carbocycles. The summed E-state index contributed by atoms with van der Waals surface area (Å²) in [5.74, 6) is -0.0205. The van der Waals surface area contributed by atoms with Crippen molar-refractivity contribution in [1.29, 1.82) is 0 Å².